The van der Waals surface area contributed by atoms with Crippen LogP contribution in [-0.4, -0.2) is 58.6 Å². The number of aromatic hydroxyl groups is 1. The minimum Gasteiger partial charge on any atom is -0.506 e. The molecule has 0 bridgehead atoms. The highest BCUT2D eigenvalue weighted by Gasteiger charge is 2.19. The lowest BCUT2D eigenvalue weighted by Crippen LogP contribution is -2.28. The van der Waals surface area contributed by atoms with Gasteiger partial charge in [-0.1, -0.05) is 29.3 Å². The Labute approximate surface area is 213 Å². The van der Waals surface area contributed by atoms with E-state index in [1.807, 2.05) is 0 Å². The number of carboxylic acids is 1. The second kappa shape index (κ2) is 11.1. The number of carbonyl (C=O) groups is 3. The Kier molecular flexibility index (Phi) is 8.48. The number of carbonyl (C=O) groups excluding carboxylic acids is 2. The first-order valence-electron chi connectivity index (χ1n) is 9.96. The number of aliphatic carboxylic acids is 1. The van der Waals surface area contributed by atoms with Gasteiger partial charge in [0.15, 0.2) is 5.78 Å². The molecule has 0 atom stereocenters. The molecule has 3 rings (SSSR count). The van der Waals surface area contributed by atoms with Gasteiger partial charge in [-0.3, -0.25) is 19.4 Å². The fourth-order valence-corrected chi connectivity index (χ4v) is 5.19. The molecule has 178 valence electrons. The summed E-state index contributed by atoms with van der Waals surface area (Å²) in [6, 6.07) is 8.18. The topological polar surface area (TPSA) is 107 Å². The third kappa shape index (κ3) is 6.04. The van der Waals surface area contributed by atoms with Crippen LogP contribution in [-0.2, 0) is 4.79 Å². The van der Waals surface area contributed by atoms with Crippen molar-refractivity contribution in [2.24, 2.45) is 4.99 Å². The van der Waals surface area contributed by atoms with E-state index < -0.39 is 5.97 Å². The predicted molar refractivity (Wildman–Crippen MR) is 136 cm³/mol. The van der Waals surface area contributed by atoms with Crippen molar-refractivity contribution in [3.05, 3.63) is 61.1 Å². The molecular formula is C23H20Cl2N2O5S2. The summed E-state index contributed by atoms with van der Waals surface area (Å²) in [5.41, 5.74) is 1.73. The SMILES string of the molecule is CC(=NCC(=O)c1ccc(C(=O)N(C)CCC(=O)O)s1)c1csc(-c2ccc(Cl)c(Cl)c2)c1O. The maximum absolute atomic E-state index is 12.6. The molecule has 34 heavy (non-hydrogen) atoms. The molecule has 1 aromatic carbocycles. The van der Waals surface area contributed by atoms with Crippen molar-refractivity contribution < 1.29 is 24.6 Å². The van der Waals surface area contributed by atoms with Crippen LogP contribution in [0.1, 0.15) is 38.3 Å². The number of rotatable bonds is 9. The summed E-state index contributed by atoms with van der Waals surface area (Å²) in [5, 5.41) is 22.0. The number of ketones is 1. The molecule has 2 heterocycles. The number of amides is 1. The molecule has 0 unspecified atom stereocenters. The molecule has 0 aliphatic carbocycles. The predicted octanol–water partition coefficient (Wildman–Crippen LogP) is 5.73. The minimum atomic E-state index is -0.990. The van der Waals surface area contributed by atoms with Gasteiger partial charge in [0, 0.05) is 30.2 Å². The third-order valence-corrected chi connectivity index (χ3v) is 7.77. The number of thiophene rings is 2. The van der Waals surface area contributed by atoms with Gasteiger partial charge in [0.1, 0.15) is 12.3 Å². The van der Waals surface area contributed by atoms with E-state index in [9.17, 15) is 19.5 Å². The van der Waals surface area contributed by atoms with Crippen molar-refractivity contribution >= 4 is 69.2 Å². The Morgan fingerprint density at radius 1 is 1.09 bits per heavy atom. The molecule has 3 aromatic rings. The molecule has 0 saturated heterocycles. The van der Waals surface area contributed by atoms with Crippen molar-refractivity contribution in [3.63, 3.8) is 0 Å². The summed E-state index contributed by atoms with van der Waals surface area (Å²) in [4.78, 5) is 42.6. The monoisotopic (exact) mass is 538 g/mol. The standard InChI is InChI=1S/C23H20Cl2N2O5S2/c1-12(14-11-33-22(21(14)31)13-3-4-15(24)16(25)9-13)26-10-17(28)18-5-6-19(34-18)23(32)27(2)8-7-20(29)30/h3-6,9,11,31H,7-8,10H2,1-2H3,(H,29,30). The molecule has 11 heteroatoms. The summed E-state index contributed by atoms with van der Waals surface area (Å²) in [6.07, 6.45) is -0.157. The lowest BCUT2D eigenvalue weighted by molar-refractivity contribution is -0.137. The molecular weight excluding hydrogens is 519 g/mol. The summed E-state index contributed by atoms with van der Waals surface area (Å²) >= 11 is 14.4. The molecule has 0 aliphatic rings. The maximum Gasteiger partial charge on any atom is 0.305 e. The molecule has 0 saturated carbocycles. The molecule has 2 aromatic heterocycles. The quantitative estimate of drug-likeness (QED) is 0.267. The number of Topliss-reactive ketones (excluding diaryl/α,β-unsaturated/α-hetero) is 1. The van der Waals surface area contributed by atoms with Crippen LogP contribution in [0.3, 0.4) is 0 Å². The fraction of sp³-hybridized carbons (Fsp3) is 0.217. The van der Waals surface area contributed by atoms with E-state index in [2.05, 4.69) is 4.99 Å². The van der Waals surface area contributed by atoms with E-state index in [4.69, 9.17) is 28.3 Å². The first kappa shape index (κ1) is 25.9. The van der Waals surface area contributed by atoms with Crippen molar-refractivity contribution in [2.75, 3.05) is 20.1 Å². The Morgan fingerprint density at radius 3 is 2.47 bits per heavy atom. The van der Waals surface area contributed by atoms with E-state index in [-0.39, 0.29) is 37.0 Å². The van der Waals surface area contributed by atoms with E-state index in [0.717, 1.165) is 16.9 Å². The Balaban J connectivity index is 1.69. The largest absolute Gasteiger partial charge is 0.506 e. The first-order valence-corrected chi connectivity index (χ1v) is 12.4. The zero-order valence-corrected chi connectivity index (χ0v) is 21.3. The number of hydrogen-bond acceptors (Lipinski definition) is 7. The summed E-state index contributed by atoms with van der Waals surface area (Å²) in [7, 11) is 1.51. The number of halogens is 2. The van der Waals surface area contributed by atoms with E-state index in [0.29, 0.717) is 36.0 Å². The molecule has 2 N–H and O–H groups in total. The van der Waals surface area contributed by atoms with Crippen LogP contribution in [0.4, 0.5) is 0 Å². The van der Waals surface area contributed by atoms with Crippen LogP contribution in [0.5, 0.6) is 5.75 Å². The summed E-state index contributed by atoms with van der Waals surface area (Å²) in [6.45, 7) is 1.63. The average Bonchev–Trinajstić information content (AvgIpc) is 3.44. The zero-order valence-electron chi connectivity index (χ0n) is 18.2. The van der Waals surface area contributed by atoms with Crippen LogP contribution in [0.15, 0.2) is 40.7 Å². The third-order valence-electron chi connectivity index (χ3n) is 4.90. The van der Waals surface area contributed by atoms with Gasteiger partial charge in [-0.25, -0.2) is 0 Å². The zero-order chi connectivity index (χ0) is 25.0. The Bertz CT molecular complexity index is 1280. The minimum absolute atomic E-state index is 0.0468. The molecule has 0 fully saturated rings. The van der Waals surface area contributed by atoms with Gasteiger partial charge in [0.2, 0.25) is 0 Å². The number of hydrogen-bond donors (Lipinski definition) is 2. The van der Waals surface area contributed by atoms with E-state index in [1.165, 1.54) is 23.3 Å². The first-order chi connectivity index (χ1) is 16.1. The highest BCUT2D eigenvalue weighted by Crippen LogP contribution is 2.40. The van der Waals surface area contributed by atoms with Crippen molar-refractivity contribution in [1.82, 2.24) is 4.90 Å². The highest BCUT2D eigenvalue weighted by atomic mass is 35.5. The number of carboxylic acid groups (broad SMARTS) is 1. The van der Waals surface area contributed by atoms with Crippen LogP contribution in [0.25, 0.3) is 10.4 Å². The lowest BCUT2D eigenvalue weighted by Gasteiger charge is -2.14. The van der Waals surface area contributed by atoms with Gasteiger partial charge in [-0.2, -0.15) is 0 Å². The van der Waals surface area contributed by atoms with Crippen LogP contribution < -0.4 is 0 Å². The number of aliphatic imine (C=N–C) groups is 1. The molecule has 0 radical (unpaired) electrons. The van der Waals surface area contributed by atoms with E-state index >= 15 is 0 Å². The molecule has 1 amide bonds. The van der Waals surface area contributed by atoms with Gasteiger partial charge in [0.25, 0.3) is 5.91 Å². The van der Waals surface area contributed by atoms with Crippen molar-refractivity contribution in [1.29, 1.82) is 0 Å². The molecule has 0 spiro atoms. The summed E-state index contributed by atoms with van der Waals surface area (Å²) < 4.78 is 0. The molecule has 7 nitrogen and oxygen atoms in total. The van der Waals surface area contributed by atoms with Gasteiger partial charge in [-0.15, -0.1) is 22.7 Å². The highest BCUT2D eigenvalue weighted by molar-refractivity contribution is 7.16. The number of nitrogens with zero attached hydrogens (tertiary/aromatic N) is 2. The second-order valence-corrected chi connectivity index (χ2v) is 10.1. The van der Waals surface area contributed by atoms with Gasteiger partial charge in [-0.05, 0) is 36.8 Å². The maximum atomic E-state index is 12.6. The van der Waals surface area contributed by atoms with E-state index in [1.54, 1.807) is 42.6 Å². The summed E-state index contributed by atoms with van der Waals surface area (Å²) in [5.74, 6) is -1.56. The van der Waals surface area contributed by atoms with Crippen molar-refractivity contribution in [2.45, 2.75) is 13.3 Å². The van der Waals surface area contributed by atoms with Gasteiger partial charge in [0.05, 0.1) is 31.1 Å². The molecule has 0 aliphatic heterocycles. The van der Waals surface area contributed by atoms with Crippen LogP contribution >= 0.6 is 45.9 Å². The van der Waals surface area contributed by atoms with Crippen molar-refractivity contribution in [3.8, 4) is 16.2 Å². The number of benzene rings is 1. The van der Waals surface area contributed by atoms with Crippen LogP contribution in [0, 0.1) is 0 Å². The lowest BCUT2D eigenvalue weighted by atomic mass is 10.1. The fourth-order valence-electron chi connectivity index (χ4n) is 2.96. The average molecular weight is 539 g/mol. The smallest absolute Gasteiger partial charge is 0.305 e. The van der Waals surface area contributed by atoms with Crippen LogP contribution in [0.2, 0.25) is 10.0 Å². The second-order valence-electron chi connectivity index (χ2n) is 7.32. The normalized spacial score (nSPS) is 11.5. The van der Waals surface area contributed by atoms with Gasteiger partial charge >= 0.3 is 5.97 Å². The Hall–Kier alpha value is -2.72. The van der Waals surface area contributed by atoms with Gasteiger partial charge < -0.3 is 15.1 Å². The Morgan fingerprint density at radius 2 is 1.79 bits per heavy atom.